The topological polar surface area (TPSA) is 44.7 Å². The average molecular weight is 230 g/mol. The first kappa shape index (κ1) is 13.9. The lowest BCUT2D eigenvalue weighted by Crippen LogP contribution is -2.41. The number of hydrogen-bond acceptors (Lipinski definition) is 4. The second-order valence-corrected chi connectivity index (χ2v) is 4.45. The second-order valence-electron chi connectivity index (χ2n) is 4.45. The summed E-state index contributed by atoms with van der Waals surface area (Å²) in [6.07, 6.45) is 2.65. The molecule has 4 nitrogen and oxygen atoms in total. The van der Waals surface area contributed by atoms with Gasteiger partial charge < -0.3 is 20.1 Å². The number of piperidine rings is 1. The van der Waals surface area contributed by atoms with Gasteiger partial charge in [0.25, 0.3) is 0 Å². The Hall–Kier alpha value is -0.160. The van der Waals surface area contributed by atoms with E-state index in [0.29, 0.717) is 6.61 Å². The van der Waals surface area contributed by atoms with Crippen LogP contribution in [0.5, 0.6) is 0 Å². The van der Waals surface area contributed by atoms with E-state index in [4.69, 9.17) is 9.84 Å². The van der Waals surface area contributed by atoms with Crippen molar-refractivity contribution >= 4 is 0 Å². The highest BCUT2D eigenvalue weighted by Gasteiger charge is 2.18. The van der Waals surface area contributed by atoms with E-state index in [1.807, 2.05) is 0 Å². The highest BCUT2D eigenvalue weighted by atomic mass is 16.5. The summed E-state index contributed by atoms with van der Waals surface area (Å²) in [4.78, 5) is 2.48. The van der Waals surface area contributed by atoms with E-state index in [1.54, 1.807) is 0 Å². The molecule has 1 saturated heterocycles. The molecule has 0 aromatic carbocycles. The molecule has 0 aliphatic carbocycles. The van der Waals surface area contributed by atoms with Crippen molar-refractivity contribution in [1.82, 2.24) is 10.2 Å². The number of ether oxygens (including phenoxy) is 1. The maximum Gasteiger partial charge on any atom is 0.0698 e. The Kier molecular flexibility index (Phi) is 7.76. The van der Waals surface area contributed by atoms with E-state index in [1.165, 1.54) is 25.9 Å². The Labute approximate surface area is 99.0 Å². The van der Waals surface area contributed by atoms with Crippen LogP contribution >= 0.6 is 0 Å². The van der Waals surface area contributed by atoms with Crippen LogP contribution in [0.3, 0.4) is 0 Å². The van der Waals surface area contributed by atoms with Gasteiger partial charge in [0.2, 0.25) is 0 Å². The lowest BCUT2D eigenvalue weighted by atomic mass is 9.98. The molecule has 1 heterocycles. The van der Waals surface area contributed by atoms with Crippen LogP contribution < -0.4 is 5.32 Å². The van der Waals surface area contributed by atoms with Crippen molar-refractivity contribution in [2.24, 2.45) is 5.92 Å². The Bertz CT molecular complexity index is 167. The Morgan fingerprint density at radius 2 is 2.31 bits per heavy atom. The summed E-state index contributed by atoms with van der Waals surface area (Å²) in [6, 6.07) is 0. The monoisotopic (exact) mass is 230 g/mol. The molecule has 0 bridgehead atoms. The zero-order valence-corrected chi connectivity index (χ0v) is 10.5. The van der Waals surface area contributed by atoms with Crippen molar-refractivity contribution in [3.8, 4) is 0 Å². The second kappa shape index (κ2) is 8.93. The zero-order chi connectivity index (χ0) is 11.6. The molecule has 0 radical (unpaired) electrons. The molecule has 1 aliphatic rings. The molecule has 4 heteroatoms. The lowest BCUT2D eigenvalue weighted by molar-refractivity contribution is 0.0626. The molecule has 1 aliphatic heterocycles. The van der Waals surface area contributed by atoms with Gasteiger partial charge in [-0.25, -0.2) is 0 Å². The van der Waals surface area contributed by atoms with Crippen LogP contribution in [0.15, 0.2) is 0 Å². The average Bonchev–Trinajstić information content (AvgIpc) is 2.33. The van der Waals surface area contributed by atoms with Crippen LogP contribution in [0.25, 0.3) is 0 Å². The summed E-state index contributed by atoms with van der Waals surface area (Å²) in [5, 5.41) is 12.0. The summed E-state index contributed by atoms with van der Waals surface area (Å²) in [6.45, 7) is 9.10. The van der Waals surface area contributed by atoms with Gasteiger partial charge in [-0.2, -0.15) is 0 Å². The van der Waals surface area contributed by atoms with Crippen molar-refractivity contribution < 1.29 is 9.84 Å². The molecule has 16 heavy (non-hydrogen) atoms. The van der Waals surface area contributed by atoms with Crippen molar-refractivity contribution in [2.75, 3.05) is 52.5 Å². The smallest absolute Gasteiger partial charge is 0.0698 e. The van der Waals surface area contributed by atoms with Gasteiger partial charge in [0.15, 0.2) is 0 Å². The normalized spacial score (nSPS) is 22.5. The maximum atomic E-state index is 8.60. The van der Waals surface area contributed by atoms with Gasteiger partial charge in [-0.15, -0.1) is 0 Å². The largest absolute Gasteiger partial charge is 0.394 e. The standard InChI is InChI=1S/C12H26N2O2/c1-2-13-10-12-4-3-5-14(11-12)6-8-16-9-7-15/h12-13,15H,2-11H2,1H3. The predicted octanol–water partition coefficient (Wildman–Crippen LogP) is 0.317. The van der Waals surface area contributed by atoms with E-state index in [2.05, 4.69) is 17.1 Å². The van der Waals surface area contributed by atoms with Crippen LogP contribution in [0.2, 0.25) is 0 Å². The number of nitrogens with one attached hydrogen (secondary N) is 1. The number of aliphatic hydroxyl groups is 1. The zero-order valence-electron chi connectivity index (χ0n) is 10.5. The Morgan fingerprint density at radius 3 is 3.06 bits per heavy atom. The molecular formula is C12H26N2O2. The van der Waals surface area contributed by atoms with Crippen molar-refractivity contribution in [3.63, 3.8) is 0 Å². The van der Waals surface area contributed by atoms with Gasteiger partial charge in [-0.05, 0) is 38.4 Å². The summed E-state index contributed by atoms with van der Waals surface area (Å²) in [7, 11) is 0. The van der Waals surface area contributed by atoms with Gasteiger partial charge in [-0.1, -0.05) is 6.92 Å². The van der Waals surface area contributed by atoms with E-state index in [-0.39, 0.29) is 6.61 Å². The minimum Gasteiger partial charge on any atom is -0.394 e. The first-order valence-electron chi connectivity index (χ1n) is 6.48. The van der Waals surface area contributed by atoms with E-state index >= 15 is 0 Å². The number of likely N-dealkylation sites (tertiary alicyclic amines) is 1. The number of rotatable bonds is 8. The molecule has 0 aromatic heterocycles. The van der Waals surface area contributed by atoms with Crippen LogP contribution in [-0.4, -0.2) is 62.6 Å². The minimum absolute atomic E-state index is 0.128. The predicted molar refractivity (Wildman–Crippen MR) is 65.6 cm³/mol. The van der Waals surface area contributed by atoms with Crippen LogP contribution in [0.1, 0.15) is 19.8 Å². The van der Waals surface area contributed by atoms with E-state index < -0.39 is 0 Å². The Morgan fingerprint density at radius 1 is 1.44 bits per heavy atom. The third-order valence-corrected chi connectivity index (χ3v) is 3.07. The summed E-state index contributed by atoms with van der Waals surface area (Å²) in [5.74, 6) is 0.798. The molecular weight excluding hydrogens is 204 g/mol. The van der Waals surface area contributed by atoms with Gasteiger partial charge in [-0.3, -0.25) is 0 Å². The van der Waals surface area contributed by atoms with Gasteiger partial charge in [0, 0.05) is 13.1 Å². The summed E-state index contributed by atoms with van der Waals surface area (Å²) < 4.78 is 5.29. The first-order valence-corrected chi connectivity index (χ1v) is 6.48. The highest BCUT2D eigenvalue weighted by Crippen LogP contribution is 2.15. The summed E-state index contributed by atoms with van der Waals surface area (Å²) >= 11 is 0. The van der Waals surface area contributed by atoms with E-state index in [9.17, 15) is 0 Å². The molecule has 0 amide bonds. The first-order chi connectivity index (χ1) is 7.86. The van der Waals surface area contributed by atoms with Crippen LogP contribution in [0.4, 0.5) is 0 Å². The molecule has 1 atom stereocenters. The molecule has 96 valence electrons. The number of nitrogens with zero attached hydrogens (tertiary/aromatic N) is 1. The molecule has 0 saturated carbocycles. The molecule has 1 unspecified atom stereocenters. The molecule has 1 fully saturated rings. The number of aliphatic hydroxyl groups excluding tert-OH is 1. The van der Waals surface area contributed by atoms with Gasteiger partial charge in [0.1, 0.15) is 0 Å². The third kappa shape index (κ3) is 5.80. The lowest BCUT2D eigenvalue weighted by Gasteiger charge is -2.32. The third-order valence-electron chi connectivity index (χ3n) is 3.07. The fourth-order valence-electron chi connectivity index (χ4n) is 2.23. The molecule has 1 rings (SSSR count). The quantitative estimate of drug-likeness (QED) is 0.589. The van der Waals surface area contributed by atoms with Crippen LogP contribution in [0, 0.1) is 5.92 Å². The molecule has 2 N–H and O–H groups in total. The molecule has 0 aromatic rings. The van der Waals surface area contributed by atoms with Crippen LogP contribution in [-0.2, 0) is 4.74 Å². The Balaban J connectivity index is 2.07. The fraction of sp³-hybridized carbons (Fsp3) is 1.00. The molecule has 0 spiro atoms. The van der Waals surface area contributed by atoms with Gasteiger partial charge in [0.05, 0.1) is 19.8 Å². The van der Waals surface area contributed by atoms with Gasteiger partial charge >= 0.3 is 0 Å². The van der Waals surface area contributed by atoms with Crippen molar-refractivity contribution in [3.05, 3.63) is 0 Å². The van der Waals surface area contributed by atoms with Crippen molar-refractivity contribution in [2.45, 2.75) is 19.8 Å². The minimum atomic E-state index is 0.128. The SMILES string of the molecule is CCNCC1CCCN(CCOCCO)C1. The van der Waals surface area contributed by atoms with E-state index in [0.717, 1.165) is 32.2 Å². The number of hydrogen-bond donors (Lipinski definition) is 2. The van der Waals surface area contributed by atoms with Crippen molar-refractivity contribution in [1.29, 1.82) is 0 Å². The summed E-state index contributed by atoms with van der Waals surface area (Å²) in [5.41, 5.74) is 0. The maximum absolute atomic E-state index is 8.60. The fourth-order valence-corrected chi connectivity index (χ4v) is 2.23. The highest BCUT2D eigenvalue weighted by molar-refractivity contribution is 4.74.